The summed E-state index contributed by atoms with van der Waals surface area (Å²) in [5, 5.41) is 12.6. The minimum atomic E-state index is -0.873. The quantitative estimate of drug-likeness (QED) is 0.247. The molecule has 0 fully saturated rings. The molecule has 0 saturated carbocycles. The van der Waals surface area contributed by atoms with E-state index in [0.717, 1.165) is 44.6 Å². The second kappa shape index (κ2) is 8.75. The van der Waals surface area contributed by atoms with Crippen molar-refractivity contribution in [1.82, 2.24) is 15.2 Å². The highest BCUT2D eigenvalue weighted by Crippen LogP contribution is 2.64. The molecular formula is C32H25N5OS. The Hall–Kier alpha value is -4.54. The number of anilines is 1. The van der Waals surface area contributed by atoms with Gasteiger partial charge in [-0.1, -0.05) is 72.8 Å². The zero-order chi connectivity index (χ0) is 26.6. The number of carbonyl (C=O) groups excluding carboxylic acids is 1. The zero-order valence-electron chi connectivity index (χ0n) is 21.3. The van der Waals surface area contributed by atoms with Crippen LogP contribution in [0, 0.1) is 12.0 Å². The van der Waals surface area contributed by atoms with Gasteiger partial charge in [-0.05, 0) is 29.2 Å². The lowest BCUT2D eigenvalue weighted by Crippen LogP contribution is -2.53. The molecule has 2 bridgehead atoms. The van der Waals surface area contributed by atoms with Crippen LogP contribution >= 0.6 is 11.3 Å². The average Bonchev–Trinajstić information content (AvgIpc) is 3.66. The fourth-order valence-corrected chi connectivity index (χ4v) is 7.31. The van der Waals surface area contributed by atoms with Crippen LogP contribution in [0.25, 0.3) is 16.0 Å². The number of benzene rings is 3. The minimum absolute atomic E-state index is 0.0904. The van der Waals surface area contributed by atoms with Crippen molar-refractivity contribution >= 4 is 22.4 Å². The van der Waals surface area contributed by atoms with Gasteiger partial charge in [0.15, 0.2) is 5.13 Å². The van der Waals surface area contributed by atoms with Gasteiger partial charge in [-0.3, -0.25) is 14.7 Å². The summed E-state index contributed by atoms with van der Waals surface area (Å²) in [7, 11) is 0. The van der Waals surface area contributed by atoms with E-state index >= 15 is 0 Å². The maximum atomic E-state index is 14.0. The summed E-state index contributed by atoms with van der Waals surface area (Å²) < 4.78 is 0. The van der Waals surface area contributed by atoms with Gasteiger partial charge in [0.25, 0.3) is 5.54 Å². The van der Waals surface area contributed by atoms with Gasteiger partial charge in [-0.15, -0.1) is 11.3 Å². The molecule has 1 atom stereocenters. The molecule has 39 heavy (non-hydrogen) atoms. The Morgan fingerprint density at radius 1 is 1.08 bits per heavy atom. The lowest BCUT2D eigenvalue weighted by Gasteiger charge is -2.51. The van der Waals surface area contributed by atoms with Crippen LogP contribution in [0.2, 0.25) is 0 Å². The van der Waals surface area contributed by atoms with E-state index < -0.39 is 11.0 Å². The number of nitrogens with zero attached hydrogens (tertiary/aromatic N) is 3. The maximum absolute atomic E-state index is 14.0. The molecule has 190 valence electrons. The highest BCUT2D eigenvalue weighted by molar-refractivity contribution is 7.13. The Morgan fingerprint density at radius 2 is 1.82 bits per heavy atom. The van der Waals surface area contributed by atoms with Crippen molar-refractivity contribution in [3.05, 3.63) is 135 Å². The molecule has 0 spiro atoms. The first-order valence-electron chi connectivity index (χ1n) is 12.9. The van der Waals surface area contributed by atoms with Gasteiger partial charge in [0.05, 0.1) is 17.3 Å². The summed E-state index contributed by atoms with van der Waals surface area (Å²) in [5.41, 5.74) is 6.73. The molecule has 2 N–H and O–H groups in total. The molecule has 1 amide bonds. The van der Waals surface area contributed by atoms with Crippen LogP contribution in [-0.4, -0.2) is 21.1 Å². The van der Waals surface area contributed by atoms with Crippen molar-refractivity contribution in [2.45, 2.75) is 31.2 Å². The fraction of sp³-hybridized carbons (Fsp3) is 0.188. The second-order valence-corrected chi connectivity index (χ2v) is 11.5. The Balaban J connectivity index is 1.18. The van der Waals surface area contributed by atoms with E-state index in [4.69, 9.17) is 11.6 Å². The van der Waals surface area contributed by atoms with Crippen molar-refractivity contribution in [2.24, 2.45) is 5.41 Å². The second-order valence-electron chi connectivity index (χ2n) is 10.6. The monoisotopic (exact) mass is 527 g/mol. The highest BCUT2D eigenvalue weighted by atomic mass is 32.1. The molecule has 8 rings (SSSR count). The van der Waals surface area contributed by atoms with Crippen LogP contribution in [0.3, 0.4) is 0 Å². The number of rotatable bonds is 5. The number of amides is 1. The van der Waals surface area contributed by atoms with E-state index in [9.17, 15) is 4.79 Å². The van der Waals surface area contributed by atoms with E-state index in [1.54, 1.807) is 0 Å². The van der Waals surface area contributed by atoms with Gasteiger partial charge in [-0.2, -0.15) is 5.10 Å². The largest absolute Gasteiger partial charge is 0.301 e. The molecule has 5 aromatic rings. The maximum Gasteiger partial charge on any atom is 0.284 e. The molecule has 3 aromatic carbocycles. The number of hydrogen-bond acceptors (Lipinski definition) is 4. The highest BCUT2D eigenvalue weighted by Gasteiger charge is 2.64. The van der Waals surface area contributed by atoms with E-state index in [-0.39, 0.29) is 11.8 Å². The molecule has 0 saturated heterocycles. The van der Waals surface area contributed by atoms with Gasteiger partial charge < -0.3 is 5.32 Å². The van der Waals surface area contributed by atoms with Crippen molar-refractivity contribution in [2.75, 3.05) is 5.32 Å². The summed E-state index contributed by atoms with van der Waals surface area (Å²) in [6.45, 7) is 10.3. The van der Waals surface area contributed by atoms with Crippen LogP contribution < -0.4 is 5.32 Å². The molecule has 2 heterocycles. The molecule has 0 aliphatic heterocycles. The van der Waals surface area contributed by atoms with Gasteiger partial charge in [0.2, 0.25) is 5.91 Å². The molecule has 2 aromatic heterocycles. The first-order chi connectivity index (χ1) is 19.0. The standard InChI is InChI=1S/C32H25N5OS/c1-31(19-32(33-2)26-12-5-3-10-24(26)28(31)25-11-4-6-13-27(25)32)29(38)37-30-36-23(18-39-30)15-20-8-7-9-21(14-20)22-16-34-35-17-22/h3-14,16-18,28H,15,19H2,1H3,(H,34,35)(H,36,37,38). The third-order valence-electron chi connectivity index (χ3n) is 8.32. The fourth-order valence-electron chi connectivity index (χ4n) is 6.61. The summed E-state index contributed by atoms with van der Waals surface area (Å²) >= 11 is 1.44. The number of aromatic nitrogens is 3. The summed E-state index contributed by atoms with van der Waals surface area (Å²) in [6, 6.07) is 24.6. The van der Waals surface area contributed by atoms with Crippen LogP contribution in [-0.2, 0) is 16.8 Å². The van der Waals surface area contributed by atoms with Crippen molar-refractivity contribution in [3.63, 3.8) is 0 Å². The lowest BCUT2D eigenvalue weighted by molar-refractivity contribution is -0.127. The van der Waals surface area contributed by atoms with Gasteiger partial charge >= 0.3 is 0 Å². The minimum Gasteiger partial charge on any atom is -0.301 e. The van der Waals surface area contributed by atoms with E-state index in [2.05, 4.69) is 62.8 Å². The first kappa shape index (κ1) is 23.6. The van der Waals surface area contributed by atoms with Crippen molar-refractivity contribution in [1.29, 1.82) is 0 Å². The molecule has 0 radical (unpaired) electrons. The number of fused-ring (bicyclic) bond motifs is 1. The summed E-state index contributed by atoms with van der Waals surface area (Å²) in [4.78, 5) is 23.0. The third kappa shape index (κ3) is 3.56. The third-order valence-corrected chi connectivity index (χ3v) is 9.13. The van der Waals surface area contributed by atoms with Crippen LogP contribution in [0.4, 0.5) is 5.13 Å². The molecule has 3 aliphatic rings. The number of hydrogen-bond donors (Lipinski definition) is 2. The number of nitrogens with one attached hydrogen (secondary N) is 2. The van der Waals surface area contributed by atoms with Crippen LogP contribution in [0.1, 0.15) is 52.8 Å². The topological polar surface area (TPSA) is 75.0 Å². The average molecular weight is 528 g/mol. The Morgan fingerprint density at radius 3 is 2.51 bits per heavy atom. The van der Waals surface area contributed by atoms with Gasteiger partial charge in [0, 0.05) is 47.0 Å². The van der Waals surface area contributed by atoms with Crippen molar-refractivity contribution < 1.29 is 4.79 Å². The van der Waals surface area contributed by atoms with Crippen LogP contribution in [0.15, 0.2) is 90.6 Å². The number of thiazole rings is 1. The van der Waals surface area contributed by atoms with E-state index in [1.807, 2.05) is 55.0 Å². The van der Waals surface area contributed by atoms with Gasteiger partial charge in [-0.25, -0.2) is 11.6 Å². The normalized spacial score (nSPS) is 22.5. The molecular weight excluding hydrogens is 502 g/mol. The van der Waals surface area contributed by atoms with Gasteiger partial charge in [0.1, 0.15) is 0 Å². The summed E-state index contributed by atoms with van der Waals surface area (Å²) in [5.74, 6) is -0.217. The zero-order valence-corrected chi connectivity index (χ0v) is 22.1. The van der Waals surface area contributed by atoms with Crippen molar-refractivity contribution in [3.8, 4) is 11.1 Å². The first-order valence-corrected chi connectivity index (χ1v) is 13.8. The van der Waals surface area contributed by atoms with E-state index in [0.29, 0.717) is 18.0 Å². The Bertz CT molecular complexity index is 1720. The Labute approximate surface area is 230 Å². The predicted octanol–water partition coefficient (Wildman–Crippen LogP) is 6.78. The number of H-pyrrole nitrogens is 1. The number of carbonyl (C=O) groups is 1. The summed E-state index contributed by atoms with van der Waals surface area (Å²) in [6.07, 6.45) is 4.79. The molecule has 1 unspecified atom stereocenters. The number of aromatic amines is 1. The van der Waals surface area contributed by atoms with E-state index in [1.165, 1.54) is 11.3 Å². The lowest BCUT2D eigenvalue weighted by atomic mass is 9.49. The Kier molecular flexibility index (Phi) is 5.29. The smallest absolute Gasteiger partial charge is 0.284 e. The molecule has 3 aliphatic carbocycles. The SMILES string of the molecule is [C-]#[N+]C12CC(C)(C(=O)Nc3nc(Cc4cccc(-c5cn[nH]c5)c4)cs3)C(c3ccccc31)c1ccccc12. The predicted molar refractivity (Wildman–Crippen MR) is 152 cm³/mol. The molecule has 7 heteroatoms. The molecule has 6 nitrogen and oxygen atoms in total. The van der Waals surface area contributed by atoms with Crippen LogP contribution in [0.5, 0.6) is 0 Å².